The molecule has 1 aliphatic rings. The number of amides is 1. The second-order valence-electron chi connectivity index (χ2n) is 3.62. The Hall–Kier alpha value is -1.56. The van der Waals surface area contributed by atoms with E-state index in [9.17, 15) is 9.59 Å². The highest BCUT2D eigenvalue weighted by Gasteiger charge is 2.22. The van der Waals surface area contributed by atoms with Gasteiger partial charge in [-0.15, -0.1) is 0 Å². The summed E-state index contributed by atoms with van der Waals surface area (Å²) in [5.41, 5.74) is 0. The van der Waals surface area contributed by atoms with E-state index in [4.69, 9.17) is 5.11 Å². The number of carboxylic acids is 1. The van der Waals surface area contributed by atoms with Crippen molar-refractivity contribution in [3.8, 4) is 0 Å². The molecule has 1 unspecified atom stereocenters. The van der Waals surface area contributed by atoms with E-state index >= 15 is 0 Å². The third-order valence-corrected chi connectivity index (χ3v) is 2.40. The minimum atomic E-state index is -0.941. The molecule has 0 aromatic rings. The highest BCUT2D eigenvalue weighted by Crippen LogP contribution is 2.08. The number of carbonyl (C=O) groups is 2. The lowest BCUT2D eigenvalue weighted by molar-refractivity contribution is -0.131. The van der Waals surface area contributed by atoms with Crippen molar-refractivity contribution in [1.29, 1.82) is 0 Å². The first-order valence-electron chi connectivity index (χ1n) is 5.08. The zero-order chi connectivity index (χ0) is 12.0. The fourth-order valence-electron chi connectivity index (χ4n) is 1.64. The molecule has 2 N–H and O–H groups in total. The second-order valence-corrected chi connectivity index (χ2v) is 3.62. The van der Waals surface area contributed by atoms with Gasteiger partial charge in [0.15, 0.2) is 0 Å². The Balaban J connectivity index is 2.24. The minimum absolute atomic E-state index is 0.0886. The number of hydrogen-bond donors (Lipinski definition) is 2. The number of hydrogen-bond acceptors (Lipinski definition) is 4. The number of carboxylic acid groups (broad SMARTS) is 1. The van der Waals surface area contributed by atoms with Gasteiger partial charge in [0.05, 0.1) is 7.11 Å². The molecular weight excluding hydrogens is 212 g/mol. The van der Waals surface area contributed by atoms with Crippen LogP contribution in [0.25, 0.3) is 0 Å². The first-order valence-corrected chi connectivity index (χ1v) is 5.08. The van der Waals surface area contributed by atoms with E-state index in [0.717, 1.165) is 25.6 Å². The van der Waals surface area contributed by atoms with Crippen molar-refractivity contribution in [2.75, 3.05) is 26.7 Å². The molecule has 1 amide bonds. The van der Waals surface area contributed by atoms with Crippen LogP contribution in [0.1, 0.15) is 6.42 Å². The molecule has 90 valence electrons. The molecule has 1 fully saturated rings. The number of alkyl carbamates (subject to hydrolysis) is 1. The van der Waals surface area contributed by atoms with Gasteiger partial charge in [0.2, 0.25) is 0 Å². The van der Waals surface area contributed by atoms with Gasteiger partial charge < -0.3 is 15.2 Å². The lowest BCUT2D eigenvalue weighted by atomic mass is 10.3. The maximum absolute atomic E-state index is 10.9. The monoisotopic (exact) mass is 228 g/mol. The minimum Gasteiger partial charge on any atom is -0.478 e. The molecule has 1 saturated heterocycles. The van der Waals surface area contributed by atoms with Crippen molar-refractivity contribution in [3.63, 3.8) is 0 Å². The first kappa shape index (κ1) is 12.5. The third kappa shape index (κ3) is 4.31. The molecule has 0 saturated carbocycles. The summed E-state index contributed by atoms with van der Waals surface area (Å²) in [5.74, 6) is -0.941. The predicted molar refractivity (Wildman–Crippen MR) is 57.2 cm³/mol. The van der Waals surface area contributed by atoms with Gasteiger partial charge in [0.25, 0.3) is 0 Å². The molecule has 0 aromatic heterocycles. The summed E-state index contributed by atoms with van der Waals surface area (Å²) < 4.78 is 4.50. The van der Waals surface area contributed by atoms with E-state index in [2.05, 4.69) is 15.0 Å². The summed E-state index contributed by atoms with van der Waals surface area (Å²) in [5, 5.41) is 11.1. The van der Waals surface area contributed by atoms with Crippen LogP contribution in [-0.2, 0) is 9.53 Å². The predicted octanol–water partition coefficient (Wildman–Crippen LogP) is 0.0575. The largest absolute Gasteiger partial charge is 0.478 e. The lowest BCUT2D eigenvalue weighted by Crippen LogP contribution is -2.36. The average molecular weight is 228 g/mol. The number of likely N-dealkylation sites (tertiary alicyclic amines) is 1. The SMILES string of the molecule is COC(=O)NC1CCN(C/C=C/C(=O)O)C1. The quantitative estimate of drug-likeness (QED) is 0.665. The number of methoxy groups -OCH3 is 1. The Morgan fingerprint density at radius 3 is 3.00 bits per heavy atom. The van der Waals surface area contributed by atoms with Crippen molar-refractivity contribution in [2.45, 2.75) is 12.5 Å². The van der Waals surface area contributed by atoms with Crippen LogP contribution in [0.3, 0.4) is 0 Å². The number of carbonyl (C=O) groups excluding carboxylic acids is 1. The Morgan fingerprint density at radius 2 is 2.38 bits per heavy atom. The van der Waals surface area contributed by atoms with Crippen molar-refractivity contribution < 1.29 is 19.4 Å². The fraction of sp³-hybridized carbons (Fsp3) is 0.600. The fourth-order valence-corrected chi connectivity index (χ4v) is 1.64. The van der Waals surface area contributed by atoms with Crippen LogP contribution in [-0.4, -0.2) is 54.9 Å². The van der Waals surface area contributed by atoms with E-state index in [-0.39, 0.29) is 6.04 Å². The standard InChI is InChI=1S/C10H16N2O4/c1-16-10(15)11-8-4-6-12(7-8)5-2-3-9(13)14/h2-3,8H,4-7H2,1H3,(H,11,15)(H,13,14)/b3-2+. The van der Waals surface area contributed by atoms with Gasteiger partial charge in [0, 0.05) is 31.8 Å². The second kappa shape index (κ2) is 6.12. The number of nitrogens with zero attached hydrogens (tertiary/aromatic N) is 1. The average Bonchev–Trinajstić information content (AvgIpc) is 2.65. The van der Waals surface area contributed by atoms with Crippen molar-refractivity contribution in [3.05, 3.63) is 12.2 Å². The van der Waals surface area contributed by atoms with Gasteiger partial charge in [-0.2, -0.15) is 0 Å². The van der Waals surface area contributed by atoms with E-state index in [1.165, 1.54) is 7.11 Å². The van der Waals surface area contributed by atoms with E-state index in [1.54, 1.807) is 6.08 Å². The van der Waals surface area contributed by atoms with Crippen LogP contribution < -0.4 is 5.32 Å². The summed E-state index contributed by atoms with van der Waals surface area (Å²) in [6.07, 6.45) is 3.16. The van der Waals surface area contributed by atoms with Crippen LogP contribution in [0.5, 0.6) is 0 Å². The molecule has 1 atom stereocenters. The van der Waals surface area contributed by atoms with Crippen LogP contribution >= 0.6 is 0 Å². The van der Waals surface area contributed by atoms with Gasteiger partial charge in [-0.25, -0.2) is 9.59 Å². The lowest BCUT2D eigenvalue weighted by Gasteiger charge is -2.13. The molecule has 1 aliphatic heterocycles. The molecule has 1 heterocycles. The van der Waals surface area contributed by atoms with Crippen molar-refractivity contribution in [1.82, 2.24) is 10.2 Å². The van der Waals surface area contributed by atoms with Crippen LogP contribution in [0.4, 0.5) is 4.79 Å². The molecule has 1 rings (SSSR count). The summed E-state index contributed by atoms with van der Waals surface area (Å²) >= 11 is 0. The van der Waals surface area contributed by atoms with Gasteiger partial charge in [-0.1, -0.05) is 6.08 Å². The van der Waals surface area contributed by atoms with Crippen LogP contribution in [0.15, 0.2) is 12.2 Å². The summed E-state index contributed by atoms with van der Waals surface area (Å²) in [6, 6.07) is 0.0886. The topological polar surface area (TPSA) is 78.9 Å². The summed E-state index contributed by atoms with van der Waals surface area (Å²) in [4.78, 5) is 23.2. The van der Waals surface area contributed by atoms with E-state index in [1.807, 2.05) is 0 Å². The first-order chi connectivity index (χ1) is 7.61. The van der Waals surface area contributed by atoms with Crippen molar-refractivity contribution in [2.24, 2.45) is 0 Å². The number of ether oxygens (including phenoxy) is 1. The van der Waals surface area contributed by atoms with Gasteiger partial charge in [-0.3, -0.25) is 4.90 Å². The smallest absolute Gasteiger partial charge is 0.407 e. The van der Waals surface area contributed by atoms with Crippen LogP contribution in [0, 0.1) is 0 Å². The number of nitrogens with one attached hydrogen (secondary N) is 1. The zero-order valence-corrected chi connectivity index (χ0v) is 9.18. The molecule has 0 bridgehead atoms. The van der Waals surface area contributed by atoms with Gasteiger partial charge >= 0.3 is 12.1 Å². The maximum atomic E-state index is 10.9. The molecule has 0 aliphatic carbocycles. The molecule has 6 nitrogen and oxygen atoms in total. The number of rotatable bonds is 4. The van der Waals surface area contributed by atoms with Crippen molar-refractivity contribution >= 4 is 12.1 Å². The molecule has 0 aromatic carbocycles. The molecule has 0 radical (unpaired) electrons. The summed E-state index contributed by atoms with van der Waals surface area (Å²) in [6.45, 7) is 2.16. The Kier molecular flexibility index (Phi) is 4.78. The Morgan fingerprint density at radius 1 is 1.62 bits per heavy atom. The Labute approximate surface area is 93.9 Å². The summed E-state index contributed by atoms with van der Waals surface area (Å²) in [7, 11) is 1.33. The van der Waals surface area contributed by atoms with Crippen LogP contribution in [0.2, 0.25) is 0 Å². The maximum Gasteiger partial charge on any atom is 0.407 e. The Bertz CT molecular complexity index is 291. The zero-order valence-electron chi connectivity index (χ0n) is 9.18. The van der Waals surface area contributed by atoms with E-state index in [0.29, 0.717) is 6.54 Å². The molecule has 0 spiro atoms. The molecule has 6 heteroatoms. The molecule has 16 heavy (non-hydrogen) atoms. The normalized spacial score (nSPS) is 21.2. The molecular formula is C10H16N2O4. The third-order valence-electron chi connectivity index (χ3n) is 2.40. The number of aliphatic carboxylic acids is 1. The highest BCUT2D eigenvalue weighted by atomic mass is 16.5. The van der Waals surface area contributed by atoms with E-state index < -0.39 is 12.1 Å². The highest BCUT2D eigenvalue weighted by molar-refractivity contribution is 5.79. The van der Waals surface area contributed by atoms with Gasteiger partial charge in [0.1, 0.15) is 0 Å². The van der Waals surface area contributed by atoms with Gasteiger partial charge in [-0.05, 0) is 6.42 Å².